The van der Waals surface area contributed by atoms with Crippen LogP contribution >= 0.6 is 0 Å². The highest BCUT2D eigenvalue weighted by molar-refractivity contribution is 5.37. The van der Waals surface area contributed by atoms with Gasteiger partial charge in [-0.2, -0.15) is 0 Å². The monoisotopic (exact) mass is 521 g/mol. The van der Waals surface area contributed by atoms with Crippen LogP contribution in [0.1, 0.15) is 52.4 Å². The van der Waals surface area contributed by atoms with Crippen LogP contribution in [-0.4, -0.2) is 98.8 Å². The molecule has 0 aromatic rings. The summed E-state index contributed by atoms with van der Waals surface area (Å²) in [5.74, 6) is 2.59. The third-order valence-corrected chi connectivity index (χ3v) is 9.88. The van der Waals surface area contributed by atoms with Crippen LogP contribution in [0, 0.1) is 23.2 Å². The molecule has 210 valence electrons. The van der Waals surface area contributed by atoms with Crippen LogP contribution in [0.15, 0.2) is 23.7 Å². The molecular formula is C29H47NO7. The number of likely N-dealkylation sites (tertiary alicyclic amines) is 1. The molecule has 7 unspecified atom stereocenters. The zero-order valence-corrected chi connectivity index (χ0v) is 22.9. The van der Waals surface area contributed by atoms with Gasteiger partial charge in [-0.1, -0.05) is 19.4 Å². The Morgan fingerprint density at radius 3 is 2.54 bits per heavy atom. The van der Waals surface area contributed by atoms with Crippen LogP contribution in [-0.2, 0) is 23.7 Å². The van der Waals surface area contributed by atoms with Crippen molar-refractivity contribution in [3.8, 4) is 0 Å². The Hall–Kier alpha value is -1.16. The first-order valence-electron chi connectivity index (χ1n) is 14.4. The first-order chi connectivity index (χ1) is 17.9. The molecule has 2 saturated heterocycles. The van der Waals surface area contributed by atoms with Crippen LogP contribution in [0.25, 0.3) is 0 Å². The summed E-state index contributed by atoms with van der Waals surface area (Å²) in [7, 11) is 1.65. The van der Waals surface area contributed by atoms with E-state index in [1.165, 1.54) is 19.3 Å². The van der Waals surface area contributed by atoms with E-state index in [0.29, 0.717) is 46.1 Å². The van der Waals surface area contributed by atoms with Gasteiger partial charge in [-0.3, -0.25) is 4.90 Å². The maximum absolute atomic E-state index is 12.3. The van der Waals surface area contributed by atoms with Crippen molar-refractivity contribution in [3.63, 3.8) is 0 Å². The van der Waals surface area contributed by atoms with Gasteiger partial charge in [0.25, 0.3) is 0 Å². The molecule has 37 heavy (non-hydrogen) atoms. The lowest BCUT2D eigenvalue weighted by atomic mass is 9.47. The molecule has 5 aliphatic rings. The van der Waals surface area contributed by atoms with Gasteiger partial charge in [-0.25, -0.2) is 0 Å². The number of aliphatic hydroxyl groups is 2. The SMILES string of the molecule is CCC(O)C1OC2=C(OCCOCCOCCOC)C=CC3CC4N(CC5CCC5)CCC1(C23)C4(C)O. The standard InChI is InChI=1S/C29H47NO7/c1-4-22(31)27-29-10-11-30(19-20-6-5-7-20)24(28(29,2)32)18-21-8-9-23(26(37-27)25(21)29)36-17-16-35-15-14-34-13-12-33-3/h8-9,20-22,24-25,27,31-32H,4-7,10-19H2,1-3H3. The van der Waals surface area contributed by atoms with E-state index < -0.39 is 23.2 Å². The van der Waals surface area contributed by atoms with Crippen molar-refractivity contribution in [2.24, 2.45) is 23.2 Å². The zero-order chi connectivity index (χ0) is 26.0. The average molecular weight is 522 g/mol. The number of fused-ring (bicyclic) bond motifs is 1. The summed E-state index contributed by atoms with van der Waals surface area (Å²) < 4.78 is 28.9. The topological polar surface area (TPSA) is 89.9 Å². The molecule has 0 aromatic carbocycles. The molecule has 8 heteroatoms. The Morgan fingerprint density at radius 2 is 1.86 bits per heavy atom. The van der Waals surface area contributed by atoms with Crippen LogP contribution in [0.5, 0.6) is 0 Å². The van der Waals surface area contributed by atoms with Gasteiger partial charge in [0.1, 0.15) is 18.5 Å². The summed E-state index contributed by atoms with van der Waals surface area (Å²) in [6, 6.07) is 0.0734. The third kappa shape index (κ3) is 4.87. The number of ether oxygens (including phenoxy) is 5. The summed E-state index contributed by atoms with van der Waals surface area (Å²) in [4.78, 5) is 2.55. The largest absolute Gasteiger partial charge is 0.488 e. The van der Waals surface area contributed by atoms with Crippen LogP contribution in [0.3, 0.4) is 0 Å². The number of aliphatic hydroxyl groups excluding tert-OH is 1. The maximum Gasteiger partial charge on any atom is 0.157 e. The molecule has 5 rings (SSSR count). The first-order valence-corrected chi connectivity index (χ1v) is 14.4. The van der Waals surface area contributed by atoms with Crippen molar-refractivity contribution >= 4 is 0 Å². The molecule has 2 heterocycles. The fourth-order valence-corrected chi connectivity index (χ4v) is 7.73. The maximum atomic E-state index is 12.3. The predicted octanol–water partition coefficient (Wildman–Crippen LogP) is 2.88. The van der Waals surface area contributed by atoms with Gasteiger partial charge in [0, 0.05) is 25.6 Å². The number of allylic oxidation sites excluding steroid dienone is 3. The first kappa shape index (κ1) is 27.4. The van der Waals surface area contributed by atoms with Crippen molar-refractivity contribution in [3.05, 3.63) is 23.7 Å². The predicted molar refractivity (Wildman–Crippen MR) is 139 cm³/mol. The number of piperidine rings is 1. The van der Waals surface area contributed by atoms with Crippen molar-refractivity contribution in [2.75, 3.05) is 59.8 Å². The number of hydrogen-bond acceptors (Lipinski definition) is 8. The normalized spacial score (nSPS) is 37.8. The van der Waals surface area contributed by atoms with Gasteiger partial charge in [0.2, 0.25) is 0 Å². The summed E-state index contributed by atoms with van der Waals surface area (Å²) >= 11 is 0. The smallest absolute Gasteiger partial charge is 0.157 e. The molecule has 2 saturated carbocycles. The van der Waals surface area contributed by atoms with E-state index in [-0.39, 0.29) is 17.9 Å². The van der Waals surface area contributed by atoms with E-state index in [4.69, 9.17) is 23.7 Å². The number of nitrogens with zero attached hydrogens (tertiary/aromatic N) is 1. The molecule has 1 spiro atoms. The minimum Gasteiger partial charge on any atom is -0.488 e. The van der Waals surface area contributed by atoms with Crippen LogP contribution < -0.4 is 0 Å². The second-order valence-electron chi connectivity index (χ2n) is 11.8. The third-order valence-electron chi connectivity index (χ3n) is 9.88. The summed E-state index contributed by atoms with van der Waals surface area (Å²) in [5, 5.41) is 23.5. The molecule has 0 aromatic heterocycles. The summed E-state index contributed by atoms with van der Waals surface area (Å²) in [6.07, 6.45) is 9.50. The van der Waals surface area contributed by atoms with Gasteiger partial charge in [-0.05, 0) is 63.5 Å². The zero-order valence-electron chi connectivity index (χ0n) is 22.9. The number of hydrogen-bond donors (Lipinski definition) is 2. The molecule has 2 bridgehead atoms. The Labute approximate surface area is 221 Å². The second-order valence-corrected chi connectivity index (χ2v) is 11.8. The lowest BCUT2D eigenvalue weighted by Crippen LogP contribution is -2.74. The molecule has 2 aliphatic heterocycles. The van der Waals surface area contributed by atoms with Gasteiger partial charge in [0.05, 0.1) is 50.2 Å². The van der Waals surface area contributed by atoms with Gasteiger partial charge < -0.3 is 33.9 Å². The van der Waals surface area contributed by atoms with Crippen molar-refractivity contribution < 1.29 is 33.9 Å². The quantitative estimate of drug-likeness (QED) is 0.338. The van der Waals surface area contributed by atoms with E-state index >= 15 is 0 Å². The molecule has 0 amide bonds. The lowest BCUT2D eigenvalue weighted by Gasteiger charge is -2.64. The molecule has 3 aliphatic carbocycles. The second kappa shape index (κ2) is 11.5. The highest BCUT2D eigenvalue weighted by Gasteiger charge is 2.73. The molecule has 0 radical (unpaired) electrons. The fourth-order valence-electron chi connectivity index (χ4n) is 7.73. The van der Waals surface area contributed by atoms with Gasteiger partial charge in [0.15, 0.2) is 5.76 Å². The van der Waals surface area contributed by atoms with Gasteiger partial charge >= 0.3 is 0 Å². The van der Waals surface area contributed by atoms with E-state index in [9.17, 15) is 10.2 Å². The Kier molecular flexibility index (Phi) is 8.54. The molecule has 7 atom stereocenters. The van der Waals surface area contributed by atoms with E-state index in [1.807, 2.05) is 19.9 Å². The van der Waals surface area contributed by atoms with Gasteiger partial charge in [-0.15, -0.1) is 0 Å². The Balaban J connectivity index is 1.30. The Morgan fingerprint density at radius 1 is 1.14 bits per heavy atom. The minimum atomic E-state index is -0.957. The van der Waals surface area contributed by atoms with Crippen LogP contribution in [0.4, 0.5) is 0 Å². The highest BCUT2D eigenvalue weighted by atomic mass is 16.6. The number of rotatable bonds is 14. The van der Waals surface area contributed by atoms with Crippen LogP contribution in [0.2, 0.25) is 0 Å². The van der Waals surface area contributed by atoms with Crippen molar-refractivity contribution in [2.45, 2.75) is 76.2 Å². The summed E-state index contributed by atoms with van der Waals surface area (Å²) in [6.45, 7) is 9.07. The highest BCUT2D eigenvalue weighted by Crippen LogP contribution is 2.67. The molecule has 4 fully saturated rings. The molecular weight excluding hydrogens is 474 g/mol. The number of methoxy groups -OCH3 is 1. The Bertz CT molecular complexity index is 840. The lowest BCUT2D eigenvalue weighted by molar-refractivity contribution is -0.237. The molecule has 8 nitrogen and oxygen atoms in total. The molecule has 2 N–H and O–H groups in total. The van der Waals surface area contributed by atoms with Crippen molar-refractivity contribution in [1.29, 1.82) is 0 Å². The fraction of sp³-hybridized carbons (Fsp3) is 0.862. The average Bonchev–Trinajstić information content (AvgIpc) is 3.21. The minimum absolute atomic E-state index is 0.0194. The van der Waals surface area contributed by atoms with E-state index in [1.54, 1.807) is 7.11 Å². The van der Waals surface area contributed by atoms with E-state index in [2.05, 4.69) is 11.0 Å². The van der Waals surface area contributed by atoms with E-state index in [0.717, 1.165) is 43.4 Å². The van der Waals surface area contributed by atoms with Crippen molar-refractivity contribution in [1.82, 2.24) is 4.90 Å². The summed E-state index contributed by atoms with van der Waals surface area (Å²) in [5.41, 5.74) is -1.49.